The minimum absolute atomic E-state index is 0.0785. The van der Waals surface area contributed by atoms with Gasteiger partial charge in [-0.25, -0.2) is 0 Å². The molecule has 6 nitrogen and oxygen atoms in total. The molecule has 0 aliphatic carbocycles. The number of nitrogen functional groups attached to an aromatic ring is 1. The highest BCUT2D eigenvalue weighted by molar-refractivity contribution is 8.02. The maximum atomic E-state index is 11.8. The Morgan fingerprint density at radius 1 is 1.67 bits per heavy atom. The van der Waals surface area contributed by atoms with E-state index in [0.717, 1.165) is 5.76 Å². The van der Waals surface area contributed by atoms with Gasteiger partial charge in [-0.15, -0.1) is 10.2 Å². The molecule has 2 heterocycles. The summed E-state index contributed by atoms with van der Waals surface area (Å²) in [6, 6.07) is 3.59. The van der Waals surface area contributed by atoms with Crippen molar-refractivity contribution in [3.8, 4) is 0 Å². The van der Waals surface area contributed by atoms with Crippen LogP contribution in [0.4, 0.5) is 5.13 Å². The number of nitrogens with zero attached hydrogens (tertiary/aromatic N) is 2. The predicted molar refractivity (Wildman–Crippen MR) is 70.2 cm³/mol. The molecule has 96 valence electrons. The van der Waals surface area contributed by atoms with Gasteiger partial charge in [0.05, 0.1) is 18.1 Å². The zero-order valence-electron chi connectivity index (χ0n) is 9.62. The van der Waals surface area contributed by atoms with Gasteiger partial charge in [-0.2, -0.15) is 0 Å². The molecule has 0 unspecified atom stereocenters. The highest BCUT2D eigenvalue weighted by atomic mass is 32.2. The van der Waals surface area contributed by atoms with Crippen LogP contribution in [0.25, 0.3) is 0 Å². The van der Waals surface area contributed by atoms with Crippen molar-refractivity contribution in [1.29, 1.82) is 0 Å². The molecule has 0 bridgehead atoms. The largest absolute Gasteiger partial charge is 0.467 e. The van der Waals surface area contributed by atoms with Gasteiger partial charge in [-0.1, -0.05) is 23.1 Å². The quantitative estimate of drug-likeness (QED) is 0.808. The zero-order chi connectivity index (χ0) is 13.0. The summed E-state index contributed by atoms with van der Waals surface area (Å²) < 4.78 is 5.82. The van der Waals surface area contributed by atoms with E-state index in [1.54, 1.807) is 19.3 Å². The summed E-state index contributed by atoms with van der Waals surface area (Å²) in [6.07, 6.45) is 1.57. The number of hydrogen-bond donors (Lipinski definition) is 2. The predicted octanol–water partition coefficient (Wildman–Crippen LogP) is 1.51. The molecule has 8 heteroatoms. The number of carbonyl (C=O) groups excluding carboxylic acids is 1. The summed E-state index contributed by atoms with van der Waals surface area (Å²) >= 11 is 2.60. The minimum Gasteiger partial charge on any atom is -0.467 e. The number of nitrogens with one attached hydrogen (secondary N) is 1. The van der Waals surface area contributed by atoms with Crippen molar-refractivity contribution in [3.05, 3.63) is 24.2 Å². The monoisotopic (exact) mass is 284 g/mol. The summed E-state index contributed by atoms with van der Waals surface area (Å²) in [5, 5.41) is 10.5. The van der Waals surface area contributed by atoms with Crippen LogP contribution < -0.4 is 11.1 Å². The molecule has 0 aliphatic heterocycles. The van der Waals surface area contributed by atoms with E-state index < -0.39 is 0 Å². The van der Waals surface area contributed by atoms with Crippen LogP contribution in [0.5, 0.6) is 0 Å². The molecule has 0 saturated carbocycles. The minimum atomic E-state index is -0.257. The number of furan rings is 1. The highest BCUT2D eigenvalue weighted by Gasteiger charge is 2.16. The van der Waals surface area contributed by atoms with Crippen molar-refractivity contribution in [3.63, 3.8) is 0 Å². The number of hydrogen-bond acceptors (Lipinski definition) is 7. The first-order valence-electron chi connectivity index (χ1n) is 5.21. The maximum Gasteiger partial charge on any atom is 0.233 e. The van der Waals surface area contributed by atoms with Crippen molar-refractivity contribution < 1.29 is 9.21 Å². The second kappa shape index (κ2) is 5.87. The maximum absolute atomic E-state index is 11.8. The molecule has 2 rings (SSSR count). The summed E-state index contributed by atoms with van der Waals surface area (Å²) in [6.45, 7) is 2.19. The zero-order valence-corrected chi connectivity index (χ0v) is 11.3. The standard InChI is InChI=1S/C10H12N4O2S2/c1-6(17-10-14-13-9(11)18-10)8(15)12-5-7-3-2-4-16-7/h2-4,6H,5H2,1H3,(H2,11,13)(H,12,15)/t6-/m1/s1. The summed E-state index contributed by atoms with van der Waals surface area (Å²) in [5.74, 6) is 0.644. The Morgan fingerprint density at radius 3 is 3.11 bits per heavy atom. The van der Waals surface area contributed by atoms with Crippen LogP contribution in [0.3, 0.4) is 0 Å². The Labute approximate surface area is 112 Å². The molecule has 1 atom stereocenters. The van der Waals surface area contributed by atoms with Gasteiger partial charge in [0.25, 0.3) is 0 Å². The molecule has 0 saturated heterocycles. The van der Waals surface area contributed by atoms with Gasteiger partial charge >= 0.3 is 0 Å². The molecule has 0 aliphatic rings. The summed E-state index contributed by atoms with van der Waals surface area (Å²) in [4.78, 5) is 11.8. The van der Waals surface area contributed by atoms with Gasteiger partial charge in [0.1, 0.15) is 5.76 Å². The topological polar surface area (TPSA) is 94.0 Å². The number of carbonyl (C=O) groups is 1. The normalized spacial score (nSPS) is 12.3. The Bertz CT molecular complexity index is 512. The van der Waals surface area contributed by atoms with Crippen LogP contribution in [0.1, 0.15) is 12.7 Å². The molecule has 2 aromatic heterocycles. The van der Waals surface area contributed by atoms with Crippen LogP contribution in [-0.2, 0) is 11.3 Å². The second-order valence-electron chi connectivity index (χ2n) is 3.46. The third-order valence-electron chi connectivity index (χ3n) is 2.09. The molecule has 0 fully saturated rings. The first-order chi connectivity index (χ1) is 8.65. The van der Waals surface area contributed by atoms with E-state index in [4.69, 9.17) is 10.2 Å². The van der Waals surface area contributed by atoms with E-state index in [1.165, 1.54) is 23.1 Å². The lowest BCUT2D eigenvalue weighted by Crippen LogP contribution is -2.30. The van der Waals surface area contributed by atoms with E-state index in [-0.39, 0.29) is 11.2 Å². The van der Waals surface area contributed by atoms with E-state index in [2.05, 4.69) is 15.5 Å². The van der Waals surface area contributed by atoms with Gasteiger partial charge in [0.15, 0.2) is 4.34 Å². The molecule has 3 N–H and O–H groups in total. The van der Waals surface area contributed by atoms with Gasteiger partial charge < -0.3 is 15.5 Å². The fourth-order valence-corrected chi connectivity index (χ4v) is 3.01. The van der Waals surface area contributed by atoms with Gasteiger partial charge in [-0.3, -0.25) is 4.79 Å². The fraction of sp³-hybridized carbons (Fsp3) is 0.300. The summed E-state index contributed by atoms with van der Waals surface area (Å²) in [5.41, 5.74) is 5.47. The number of nitrogens with two attached hydrogens (primary N) is 1. The fourth-order valence-electron chi connectivity index (χ4n) is 1.20. The van der Waals surface area contributed by atoms with Crippen molar-refractivity contribution in [2.45, 2.75) is 23.1 Å². The Kier molecular flexibility index (Phi) is 4.21. The molecule has 0 spiro atoms. The molecular formula is C10H12N4O2S2. The third kappa shape index (κ3) is 3.47. The molecule has 1 amide bonds. The molecule has 0 radical (unpaired) electrons. The highest BCUT2D eigenvalue weighted by Crippen LogP contribution is 2.27. The Morgan fingerprint density at radius 2 is 2.50 bits per heavy atom. The van der Waals surface area contributed by atoms with Crippen molar-refractivity contribution >= 4 is 34.1 Å². The molecule has 18 heavy (non-hydrogen) atoms. The Balaban J connectivity index is 1.81. The first kappa shape index (κ1) is 12.9. The second-order valence-corrected chi connectivity index (χ2v) is 6.06. The number of thioether (sulfide) groups is 1. The summed E-state index contributed by atoms with van der Waals surface area (Å²) in [7, 11) is 0. The average molecular weight is 284 g/mol. The third-order valence-corrected chi connectivity index (χ3v) is 4.02. The number of rotatable bonds is 5. The van der Waals surface area contributed by atoms with Gasteiger partial charge in [0.2, 0.25) is 11.0 Å². The van der Waals surface area contributed by atoms with Crippen molar-refractivity contribution in [2.24, 2.45) is 0 Å². The lowest BCUT2D eigenvalue weighted by atomic mass is 10.4. The van der Waals surface area contributed by atoms with Gasteiger partial charge in [-0.05, 0) is 19.1 Å². The van der Waals surface area contributed by atoms with E-state index in [0.29, 0.717) is 16.0 Å². The van der Waals surface area contributed by atoms with Crippen LogP contribution in [0.15, 0.2) is 27.2 Å². The smallest absolute Gasteiger partial charge is 0.233 e. The van der Waals surface area contributed by atoms with E-state index >= 15 is 0 Å². The molecule has 0 aromatic carbocycles. The van der Waals surface area contributed by atoms with E-state index in [9.17, 15) is 4.79 Å². The molecule has 2 aromatic rings. The average Bonchev–Trinajstić information content (AvgIpc) is 2.97. The van der Waals surface area contributed by atoms with Gasteiger partial charge in [0, 0.05) is 0 Å². The lowest BCUT2D eigenvalue weighted by molar-refractivity contribution is -0.120. The SMILES string of the molecule is C[C@@H](Sc1nnc(N)s1)C(=O)NCc1ccco1. The molecular weight excluding hydrogens is 272 g/mol. The Hall–Kier alpha value is -1.54. The number of aromatic nitrogens is 2. The first-order valence-corrected chi connectivity index (χ1v) is 6.90. The van der Waals surface area contributed by atoms with Crippen LogP contribution in [-0.4, -0.2) is 21.4 Å². The van der Waals surface area contributed by atoms with Crippen molar-refractivity contribution in [1.82, 2.24) is 15.5 Å². The number of anilines is 1. The van der Waals surface area contributed by atoms with Crippen LogP contribution in [0.2, 0.25) is 0 Å². The van der Waals surface area contributed by atoms with Crippen LogP contribution in [0, 0.1) is 0 Å². The lowest BCUT2D eigenvalue weighted by Gasteiger charge is -2.08. The number of amides is 1. The van der Waals surface area contributed by atoms with Crippen molar-refractivity contribution in [2.75, 3.05) is 5.73 Å². The van der Waals surface area contributed by atoms with E-state index in [1.807, 2.05) is 6.07 Å². The van der Waals surface area contributed by atoms with Crippen LogP contribution >= 0.6 is 23.1 Å².